The van der Waals surface area contributed by atoms with E-state index in [1.165, 1.54) is 25.3 Å². The summed E-state index contributed by atoms with van der Waals surface area (Å²) in [5.74, 6) is -0.815. The smallest absolute Gasteiger partial charge is 0.277 e. The lowest BCUT2D eigenvalue weighted by Crippen LogP contribution is -2.28. The van der Waals surface area contributed by atoms with Gasteiger partial charge in [-0.25, -0.2) is 9.87 Å². The fraction of sp³-hybridized carbons (Fsp3) is 0.462. The van der Waals surface area contributed by atoms with Crippen LogP contribution in [0.2, 0.25) is 0 Å². The van der Waals surface area contributed by atoms with E-state index in [1.54, 1.807) is 0 Å². The first-order valence-corrected chi connectivity index (χ1v) is 6.00. The monoisotopic (exact) mass is 253 g/mol. The van der Waals surface area contributed by atoms with Crippen molar-refractivity contribution in [1.29, 1.82) is 0 Å². The van der Waals surface area contributed by atoms with Crippen molar-refractivity contribution in [2.45, 2.75) is 31.8 Å². The molecular formula is C13H16FNO3. The predicted octanol–water partition coefficient (Wildman–Crippen LogP) is 2.44. The van der Waals surface area contributed by atoms with Gasteiger partial charge in [0.2, 0.25) is 0 Å². The van der Waals surface area contributed by atoms with Gasteiger partial charge in [-0.3, -0.25) is 9.63 Å². The Morgan fingerprint density at radius 3 is 2.72 bits per heavy atom. The van der Waals surface area contributed by atoms with Crippen molar-refractivity contribution in [1.82, 2.24) is 5.48 Å². The molecule has 1 fully saturated rings. The molecule has 0 saturated heterocycles. The average Bonchev–Trinajstić information content (AvgIpc) is 2.88. The third kappa shape index (κ3) is 2.98. The van der Waals surface area contributed by atoms with Gasteiger partial charge in [0.25, 0.3) is 5.91 Å². The summed E-state index contributed by atoms with van der Waals surface area (Å²) in [6.07, 6.45) is 4.14. The maximum absolute atomic E-state index is 13.6. The van der Waals surface area contributed by atoms with Crippen molar-refractivity contribution in [2.75, 3.05) is 7.11 Å². The number of hydrogen-bond donors (Lipinski definition) is 1. The van der Waals surface area contributed by atoms with Crippen LogP contribution in [-0.2, 0) is 4.84 Å². The van der Waals surface area contributed by atoms with Gasteiger partial charge in [-0.05, 0) is 25.0 Å². The van der Waals surface area contributed by atoms with Crippen LogP contribution in [0.5, 0.6) is 5.75 Å². The summed E-state index contributed by atoms with van der Waals surface area (Å²) in [6.45, 7) is 0. The van der Waals surface area contributed by atoms with Crippen LogP contribution in [0.25, 0.3) is 0 Å². The van der Waals surface area contributed by atoms with Gasteiger partial charge in [0.05, 0.1) is 18.8 Å². The van der Waals surface area contributed by atoms with Crippen LogP contribution >= 0.6 is 0 Å². The maximum atomic E-state index is 13.6. The molecule has 1 aliphatic carbocycles. The molecule has 0 aromatic heterocycles. The fourth-order valence-electron chi connectivity index (χ4n) is 2.00. The fourth-order valence-corrected chi connectivity index (χ4v) is 2.00. The topological polar surface area (TPSA) is 47.6 Å². The van der Waals surface area contributed by atoms with Gasteiger partial charge in [-0.2, -0.15) is 0 Å². The minimum Gasteiger partial charge on any atom is -0.497 e. The third-order valence-electron chi connectivity index (χ3n) is 3.04. The van der Waals surface area contributed by atoms with Gasteiger partial charge in [-0.15, -0.1) is 0 Å². The molecule has 5 heteroatoms. The molecule has 0 heterocycles. The van der Waals surface area contributed by atoms with Gasteiger partial charge < -0.3 is 4.74 Å². The number of hydroxylamine groups is 1. The van der Waals surface area contributed by atoms with E-state index in [-0.39, 0.29) is 11.7 Å². The average molecular weight is 253 g/mol. The molecule has 0 atom stereocenters. The van der Waals surface area contributed by atoms with Gasteiger partial charge >= 0.3 is 0 Å². The molecule has 1 aromatic rings. The van der Waals surface area contributed by atoms with Gasteiger partial charge in [0.1, 0.15) is 11.6 Å². The molecule has 0 unspecified atom stereocenters. The Kier molecular flexibility index (Phi) is 4.15. The van der Waals surface area contributed by atoms with Crippen molar-refractivity contribution >= 4 is 5.91 Å². The molecule has 0 radical (unpaired) electrons. The summed E-state index contributed by atoms with van der Waals surface area (Å²) < 4.78 is 18.5. The summed E-state index contributed by atoms with van der Waals surface area (Å²) in [5, 5.41) is 0. The first-order chi connectivity index (χ1) is 8.70. The van der Waals surface area contributed by atoms with Crippen LogP contribution in [0.4, 0.5) is 4.39 Å². The number of nitrogens with one attached hydrogen (secondary N) is 1. The Labute approximate surface area is 105 Å². The van der Waals surface area contributed by atoms with E-state index in [0.29, 0.717) is 5.75 Å². The second kappa shape index (κ2) is 5.82. The van der Waals surface area contributed by atoms with Crippen LogP contribution in [0, 0.1) is 5.82 Å². The van der Waals surface area contributed by atoms with E-state index in [1.807, 2.05) is 0 Å². The quantitative estimate of drug-likeness (QED) is 0.838. The summed E-state index contributed by atoms with van der Waals surface area (Å²) in [7, 11) is 1.44. The molecule has 98 valence electrons. The number of benzene rings is 1. The SMILES string of the molecule is COc1ccc(C(=O)NOC2CCCC2)c(F)c1. The number of carbonyl (C=O) groups is 1. The highest BCUT2D eigenvalue weighted by molar-refractivity contribution is 5.93. The van der Waals surface area contributed by atoms with Gasteiger partial charge in [0.15, 0.2) is 0 Å². The number of methoxy groups -OCH3 is 1. The Balaban J connectivity index is 1.95. The molecule has 1 N–H and O–H groups in total. The van der Waals surface area contributed by atoms with Crippen molar-refractivity contribution in [2.24, 2.45) is 0 Å². The molecular weight excluding hydrogens is 237 g/mol. The molecule has 18 heavy (non-hydrogen) atoms. The summed E-state index contributed by atoms with van der Waals surface area (Å²) >= 11 is 0. The van der Waals surface area contributed by atoms with Crippen LogP contribution < -0.4 is 10.2 Å². The lowest BCUT2D eigenvalue weighted by molar-refractivity contribution is -0.0127. The molecule has 0 aliphatic heterocycles. The molecule has 2 rings (SSSR count). The Bertz CT molecular complexity index is 430. The van der Waals surface area contributed by atoms with Crippen molar-refractivity contribution in [3.05, 3.63) is 29.6 Å². The van der Waals surface area contributed by atoms with Crippen LogP contribution in [0.15, 0.2) is 18.2 Å². The summed E-state index contributed by atoms with van der Waals surface area (Å²) in [5.41, 5.74) is 2.25. The largest absolute Gasteiger partial charge is 0.497 e. The lowest BCUT2D eigenvalue weighted by Gasteiger charge is -2.12. The summed E-state index contributed by atoms with van der Waals surface area (Å²) in [6, 6.07) is 4.08. The van der Waals surface area contributed by atoms with E-state index in [2.05, 4.69) is 5.48 Å². The van der Waals surface area contributed by atoms with E-state index in [9.17, 15) is 9.18 Å². The van der Waals surface area contributed by atoms with E-state index >= 15 is 0 Å². The molecule has 1 aromatic carbocycles. The second-order valence-electron chi connectivity index (χ2n) is 4.30. The Morgan fingerprint density at radius 2 is 2.11 bits per heavy atom. The number of ether oxygens (including phenoxy) is 1. The van der Waals surface area contributed by atoms with Gasteiger partial charge in [0, 0.05) is 6.07 Å². The number of rotatable bonds is 4. The minimum absolute atomic E-state index is 0.0474. The molecule has 0 spiro atoms. The van der Waals surface area contributed by atoms with E-state index in [4.69, 9.17) is 9.57 Å². The molecule has 1 saturated carbocycles. The molecule has 0 bridgehead atoms. The third-order valence-corrected chi connectivity index (χ3v) is 3.04. The zero-order valence-electron chi connectivity index (χ0n) is 10.2. The Morgan fingerprint density at radius 1 is 1.39 bits per heavy atom. The summed E-state index contributed by atoms with van der Waals surface area (Å²) in [4.78, 5) is 16.9. The second-order valence-corrected chi connectivity index (χ2v) is 4.30. The number of amides is 1. The molecule has 1 aliphatic rings. The minimum atomic E-state index is -0.623. The molecule has 4 nitrogen and oxygen atoms in total. The van der Waals surface area contributed by atoms with Crippen LogP contribution in [-0.4, -0.2) is 19.1 Å². The standard InChI is InChI=1S/C13H16FNO3/c1-17-10-6-7-11(12(14)8-10)13(16)15-18-9-4-2-3-5-9/h6-9H,2-5H2,1H3,(H,15,16). The zero-order chi connectivity index (χ0) is 13.0. The highest BCUT2D eigenvalue weighted by Gasteiger charge is 2.18. The lowest BCUT2D eigenvalue weighted by atomic mass is 10.2. The van der Waals surface area contributed by atoms with Crippen LogP contribution in [0.1, 0.15) is 36.0 Å². The highest BCUT2D eigenvalue weighted by Crippen LogP contribution is 2.20. The highest BCUT2D eigenvalue weighted by atomic mass is 19.1. The van der Waals surface area contributed by atoms with E-state index < -0.39 is 11.7 Å². The Hall–Kier alpha value is -1.62. The maximum Gasteiger partial charge on any atom is 0.277 e. The first kappa shape index (κ1) is 12.8. The number of hydrogen-bond acceptors (Lipinski definition) is 3. The normalized spacial score (nSPS) is 15.7. The first-order valence-electron chi connectivity index (χ1n) is 6.00. The number of carbonyl (C=O) groups excluding carboxylic acids is 1. The predicted molar refractivity (Wildman–Crippen MR) is 63.8 cm³/mol. The van der Waals surface area contributed by atoms with Crippen molar-refractivity contribution in [3.8, 4) is 5.75 Å². The van der Waals surface area contributed by atoms with Crippen molar-refractivity contribution < 1.29 is 18.8 Å². The van der Waals surface area contributed by atoms with E-state index in [0.717, 1.165) is 25.7 Å². The van der Waals surface area contributed by atoms with Crippen LogP contribution in [0.3, 0.4) is 0 Å². The molecule has 1 amide bonds. The zero-order valence-corrected chi connectivity index (χ0v) is 10.2. The van der Waals surface area contributed by atoms with Gasteiger partial charge in [-0.1, -0.05) is 12.8 Å². The number of halogens is 1. The van der Waals surface area contributed by atoms with Crippen molar-refractivity contribution in [3.63, 3.8) is 0 Å².